The molecule has 0 spiro atoms. The summed E-state index contributed by atoms with van der Waals surface area (Å²) in [6.07, 6.45) is 2.73. The average molecular weight is 306 g/mol. The molecule has 0 aromatic heterocycles. The van der Waals surface area contributed by atoms with Crippen molar-refractivity contribution in [2.75, 3.05) is 18.4 Å². The number of aliphatic carboxylic acids is 1. The first-order valence-electron chi connectivity index (χ1n) is 7.66. The molecule has 2 fully saturated rings. The van der Waals surface area contributed by atoms with Gasteiger partial charge in [-0.3, -0.25) is 4.90 Å². The maximum Gasteiger partial charge on any atom is 0.0493 e. The molecule has 21 heavy (non-hydrogen) atoms. The lowest BCUT2D eigenvalue weighted by Gasteiger charge is -2.50. The number of rotatable bonds is 1. The van der Waals surface area contributed by atoms with Gasteiger partial charge in [0.2, 0.25) is 0 Å². The Kier molecular flexibility index (Phi) is 3.12. The SMILES string of the molecule is O=C([O-])C1CCCN2CCC3c4cc(Cl)ccc4NC3C12. The van der Waals surface area contributed by atoms with Gasteiger partial charge in [0.15, 0.2) is 0 Å². The number of benzene rings is 1. The topological polar surface area (TPSA) is 55.4 Å². The molecule has 4 unspecified atom stereocenters. The number of halogens is 1. The van der Waals surface area contributed by atoms with E-state index in [0.717, 1.165) is 43.1 Å². The van der Waals surface area contributed by atoms with Gasteiger partial charge in [0.05, 0.1) is 0 Å². The van der Waals surface area contributed by atoms with Crippen LogP contribution in [0.25, 0.3) is 0 Å². The van der Waals surface area contributed by atoms with Crippen LogP contribution in [0, 0.1) is 5.92 Å². The predicted molar refractivity (Wildman–Crippen MR) is 79.3 cm³/mol. The minimum Gasteiger partial charge on any atom is -0.550 e. The molecule has 4 nitrogen and oxygen atoms in total. The Morgan fingerprint density at radius 2 is 2.19 bits per heavy atom. The van der Waals surface area contributed by atoms with E-state index in [2.05, 4.69) is 10.2 Å². The fourth-order valence-electron chi connectivity index (χ4n) is 4.49. The minimum absolute atomic E-state index is 0.0358. The Morgan fingerprint density at radius 3 is 3.00 bits per heavy atom. The average Bonchev–Trinajstić information content (AvgIpc) is 2.84. The van der Waals surface area contributed by atoms with Crippen LogP contribution in [-0.2, 0) is 4.79 Å². The number of hydrogen-bond acceptors (Lipinski definition) is 4. The van der Waals surface area contributed by atoms with Gasteiger partial charge in [-0.1, -0.05) is 11.6 Å². The Morgan fingerprint density at radius 1 is 1.33 bits per heavy atom. The lowest BCUT2D eigenvalue weighted by molar-refractivity contribution is -0.315. The fraction of sp³-hybridized carbons (Fsp3) is 0.562. The van der Waals surface area contributed by atoms with E-state index in [1.165, 1.54) is 5.56 Å². The summed E-state index contributed by atoms with van der Waals surface area (Å²) in [5.74, 6) is -0.912. The van der Waals surface area contributed by atoms with Crippen molar-refractivity contribution in [3.8, 4) is 0 Å². The van der Waals surface area contributed by atoms with Crippen molar-refractivity contribution in [3.63, 3.8) is 0 Å². The molecule has 0 aliphatic carbocycles. The summed E-state index contributed by atoms with van der Waals surface area (Å²) in [6.45, 7) is 1.96. The highest BCUT2D eigenvalue weighted by atomic mass is 35.5. The third-order valence-corrected chi connectivity index (χ3v) is 5.60. The molecular formula is C16H18ClN2O2-. The molecule has 0 radical (unpaired) electrons. The van der Waals surface area contributed by atoms with Crippen molar-refractivity contribution >= 4 is 23.3 Å². The van der Waals surface area contributed by atoms with Gasteiger partial charge in [0, 0.05) is 40.6 Å². The van der Waals surface area contributed by atoms with E-state index in [9.17, 15) is 9.90 Å². The van der Waals surface area contributed by atoms with Crippen LogP contribution < -0.4 is 10.4 Å². The van der Waals surface area contributed by atoms with Crippen LogP contribution in [0.1, 0.15) is 30.7 Å². The van der Waals surface area contributed by atoms with Gasteiger partial charge in [-0.15, -0.1) is 0 Å². The molecule has 1 N–H and O–H groups in total. The summed E-state index contributed by atoms with van der Waals surface area (Å²) in [4.78, 5) is 13.9. The fourth-order valence-corrected chi connectivity index (χ4v) is 4.67. The number of carboxylic acid groups (broad SMARTS) is 1. The maximum atomic E-state index is 11.5. The molecule has 112 valence electrons. The molecule has 3 aliphatic rings. The minimum atomic E-state index is -0.902. The van der Waals surface area contributed by atoms with E-state index >= 15 is 0 Å². The molecular weight excluding hydrogens is 288 g/mol. The Balaban J connectivity index is 1.70. The first-order valence-corrected chi connectivity index (χ1v) is 8.04. The van der Waals surface area contributed by atoms with Crippen LogP contribution in [-0.4, -0.2) is 36.0 Å². The van der Waals surface area contributed by atoms with Crippen molar-refractivity contribution in [1.29, 1.82) is 0 Å². The third kappa shape index (κ3) is 2.04. The van der Waals surface area contributed by atoms with E-state index in [1.54, 1.807) is 0 Å². The van der Waals surface area contributed by atoms with Crippen LogP contribution >= 0.6 is 11.6 Å². The zero-order valence-electron chi connectivity index (χ0n) is 11.7. The second kappa shape index (κ2) is 4.89. The summed E-state index contributed by atoms with van der Waals surface area (Å²) < 4.78 is 0. The highest BCUT2D eigenvalue weighted by molar-refractivity contribution is 6.30. The van der Waals surface area contributed by atoms with Gasteiger partial charge >= 0.3 is 0 Å². The largest absolute Gasteiger partial charge is 0.550 e. The lowest BCUT2D eigenvalue weighted by atomic mass is 9.75. The van der Waals surface area contributed by atoms with Crippen LogP contribution in [0.2, 0.25) is 5.02 Å². The van der Waals surface area contributed by atoms with Crippen LogP contribution in [0.4, 0.5) is 5.69 Å². The van der Waals surface area contributed by atoms with Crippen LogP contribution in [0.15, 0.2) is 18.2 Å². The first-order chi connectivity index (χ1) is 10.1. The molecule has 4 rings (SSSR count). The first kappa shape index (κ1) is 13.4. The zero-order valence-corrected chi connectivity index (χ0v) is 12.5. The summed E-state index contributed by atoms with van der Waals surface area (Å²) in [6, 6.07) is 6.13. The number of carbonyl (C=O) groups is 1. The predicted octanol–water partition coefficient (Wildman–Crippen LogP) is 1.45. The molecule has 0 saturated carbocycles. The number of carbonyl (C=O) groups excluding carboxylic acids is 1. The standard InChI is InChI=1S/C16H19ClN2O2/c17-9-3-4-13-12(8-9)10-5-7-19-6-1-2-11(16(20)21)15(19)14(10)18-13/h3-4,8,10-11,14-15,18H,1-2,5-7H2,(H,20,21)/p-1. The molecule has 1 aromatic carbocycles. The van der Waals surface area contributed by atoms with Crippen molar-refractivity contribution < 1.29 is 9.90 Å². The van der Waals surface area contributed by atoms with Crippen LogP contribution in [0.3, 0.4) is 0 Å². The molecule has 4 atom stereocenters. The third-order valence-electron chi connectivity index (χ3n) is 5.36. The Bertz CT molecular complexity index is 592. The highest BCUT2D eigenvalue weighted by Crippen LogP contribution is 2.46. The zero-order chi connectivity index (χ0) is 14.6. The number of anilines is 1. The smallest absolute Gasteiger partial charge is 0.0493 e. The molecule has 0 amide bonds. The quantitative estimate of drug-likeness (QED) is 0.853. The molecule has 2 saturated heterocycles. The van der Waals surface area contributed by atoms with Gasteiger partial charge in [0.1, 0.15) is 0 Å². The summed E-state index contributed by atoms with van der Waals surface area (Å²) >= 11 is 6.13. The number of nitrogens with zero attached hydrogens (tertiary/aromatic N) is 1. The number of carboxylic acids is 1. The van der Waals surface area contributed by atoms with E-state index in [0.29, 0.717) is 5.92 Å². The molecule has 1 aromatic rings. The van der Waals surface area contributed by atoms with Crippen LogP contribution in [0.5, 0.6) is 0 Å². The summed E-state index contributed by atoms with van der Waals surface area (Å²) in [7, 11) is 0. The second-order valence-electron chi connectivity index (χ2n) is 6.39. The second-order valence-corrected chi connectivity index (χ2v) is 6.83. The number of nitrogens with one attached hydrogen (secondary N) is 1. The molecule has 0 bridgehead atoms. The van der Waals surface area contributed by atoms with Gasteiger partial charge in [-0.05, 0) is 56.1 Å². The number of fused-ring (bicyclic) bond motifs is 5. The van der Waals surface area contributed by atoms with Gasteiger partial charge in [0.25, 0.3) is 0 Å². The van der Waals surface area contributed by atoms with E-state index < -0.39 is 5.97 Å². The number of hydrogen-bond donors (Lipinski definition) is 1. The van der Waals surface area contributed by atoms with Crippen molar-refractivity contribution in [2.45, 2.75) is 37.3 Å². The van der Waals surface area contributed by atoms with Gasteiger partial charge in [-0.25, -0.2) is 0 Å². The summed E-state index contributed by atoms with van der Waals surface area (Å²) in [5.41, 5.74) is 2.36. The van der Waals surface area contributed by atoms with E-state index in [-0.39, 0.29) is 18.0 Å². The van der Waals surface area contributed by atoms with E-state index in [4.69, 9.17) is 11.6 Å². The Labute approximate surface area is 129 Å². The molecule has 5 heteroatoms. The van der Waals surface area contributed by atoms with Gasteiger partial charge in [-0.2, -0.15) is 0 Å². The monoisotopic (exact) mass is 305 g/mol. The Hall–Kier alpha value is -1.26. The summed E-state index contributed by atoms with van der Waals surface area (Å²) in [5, 5.41) is 15.8. The van der Waals surface area contributed by atoms with Crippen molar-refractivity contribution in [1.82, 2.24) is 4.90 Å². The van der Waals surface area contributed by atoms with Gasteiger partial charge < -0.3 is 15.2 Å². The van der Waals surface area contributed by atoms with Crippen molar-refractivity contribution in [3.05, 3.63) is 28.8 Å². The van der Waals surface area contributed by atoms with E-state index in [1.807, 2.05) is 18.2 Å². The van der Waals surface area contributed by atoms with Crippen molar-refractivity contribution in [2.24, 2.45) is 5.92 Å². The highest BCUT2D eigenvalue weighted by Gasteiger charge is 2.47. The normalized spacial score (nSPS) is 34.5. The molecule has 3 heterocycles. The molecule has 3 aliphatic heterocycles. The lowest BCUT2D eigenvalue weighted by Crippen LogP contribution is -2.61. The maximum absolute atomic E-state index is 11.5. The number of piperidine rings is 2.